The van der Waals surface area contributed by atoms with Crippen LogP contribution in [0.4, 0.5) is 0 Å². The molecule has 0 amide bonds. The number of nitrogens with zero attached hydrogens (tertiary/aromatic N) is 1. The Morgan fingerprint density at radius 2 is 2.18 bits per heavy atom. The van der Waals surface area contributed by atoms with Crippen molar-refractivity contribution in [1.82, 2.24) is 10.7 Å². The van der Waals surface area contributed by atoms with Gasteiger partial charge in [0.15, 0.2) is 5.11 Å². The molecule has 1 aromatic carbocycles. The van der Waals surface area contributed by atoms with Crippen molar-refractivity contribution >= 4 is 23.0 Å². The topological polar surface area (TPSA) is 58.8 Å². The minimum absolute atomic E-state index is 0.433. The first-order valence-electron chi connectivity index (χ1n) is 6.85. The molecule has 116 valence electrons. The molecular formula is C16H19N3O2S. The molecule has 0 aliphatic heterocycles. The predicted octanol–water partition coefficient (Wildman–Crippen LogP) is 2.98. The van der Waals surface area contributed by atoms with Crippen molar-refractivity contribution in [3.8, 4) is 5.75 Å². The number of thiocarbonyl (C=S) groups is 1. The normalized spacial score (nSPS) is 11.1. The molecule has 22 heavy (non-hydrogen) atoms. The Kier molecular flexibility index (Phi) is 5.55. The standard InChI is InChI=1S/C16H19N3O2S/c1-11-6-7-15(20-3)14(9-11)12(2)18-19-16(22)17-10-13-5-4-8-21-13/h4-9H,10H2,1-3H3,(H2,17,19,22)/b18-12-. The average molecular weight is 317 g/mol. The van der Waals surface area contributed by atoms with Crippen molar-refractivity contribution < 1.29 is 9.15 Å². The maximum atomic E-state index is 5.36. The van der Waals surface area contributed by atoms with Crippen LogP contribution in [-0.2, 0) is 6.54 Å². The first kappa shape index (κ1) is 16.0. The third-order valence-corrected chi connectivity index (χ3v) is 3.31. The Morgan fingerprint density at radius 3 is 2.86 bits per heavy atom. The lowest BCUT2D eigenvalue weighted by Crippen LogP contribution is -2.32. The molecule has 1 aromatic heterocycles. The van der Waals surface area contributed by atoms with Gasteiger partial charge in [0.2, 0.25) is 0 Å². The van der Waals surface area contributed by atoms with Crippen molar-refractivity contribution in [3.05, 3.63) is 53.5 Å². The van der Waals surface area contributed by atoms with E-state index >= 15 is 0 Å². The van der Waals surface area contributed by atoms with Gasteiger partial charge < -0.3 is 14.5 Å². The van der Waals surface area contributed by atoms with E-state index in [1.54, 1.807) is 13.4 Å². The zero-order valence-electron chi connectivity index (χ0n) is 12.8. The molecular weight excluding hydrogens is 298 g/mol. The van der Waals surface area contributed by atoms with Crippen molar-refractivity contribution in [3.63, 3.8) is 0 Å². The number of methoxy groups -OCH3 is 1. The van der Waals surface area contributed by atoms with Gasteiger partial charge in [-0.2, -0.15) is 5.10 Å². The molecule has 1 heterocycles. The molecule has 0 atom stereocenters. The first-order chi connectivity index (χ1) is 10.6. The van der Waals surface area contributed by atoms with Crippen LogP contribution in [0.3, 0.4) is 0 Å². The fraction of sp³-hybridized carbons (Fsp3) is 0.250. The largest absolute Gasteiger partial charge is 0.496 e. The molecule has 0 aliphatic rings. The first-order valence-corrected chi connectivity index (χ1v) is 7.26. The van der Waals surface area contributed by atoms with E-state index in [2.05, 4.69) is 15.8 Å². The number of hydrazone groups is 1. The van der Waals surface area contributed by atoms with Crippen LogP contribution in [0.5, 0.6) is 5.75 Å². The van der Waals surface area contributed by atoms with E-state index < -0.39 is 0 Å². The van der Waals surface area contributed by atoms with Gasteiger partial charge in [0.1, 0.15) is 11.5 Å². The Labute approximate surface area is 135 Å². The fourth-order valence-electron chi connectivity index (χ4n) is 1.92. The molecule has 0 saturated carbocycles. The highest BCUT2D eigenvalue weighted by molar-refractivity contribution is 7.80. The van der Waals surface area contributed by atoms with E-state index in [1.165, 1.54) is 0 Å². The van der Waals surface area contributed by atoms with Crippen LogP contribution in [0, 0.1) is 6.92 Å². The van der Waals surface area contributed by atoms with Crippen LogP contribution in [0.25, 0.3) is 0 Å². The van der Waals surface area contributed by atoms with Crippen LogP contribution in [0.2, 0.25) is 0 Å². The van der Waals surface area contributed by atoms with Crippen molar-refractivity contribution in [1.29, 1.82) is 0 Å². The lowest BCUT2D eigenvalue weighted by Gasteiger charge is -2.10. The van der Waals surface area contributed by atoms with Crippen LogP contribution in [0.15, 0.2) is 46.1 Å². The van der Waals surface area contributed by atoms with Gasteiger partial charge in [-0.1, -0.05) is 11.6 Å². The maximum Gasteiger partial charge on any atom is 0.187 e. The summed E-state index contributed by atoms with van der Waals surface area (Å²) in [4.78, 5) is 0. The van der Waals surface area contributed by atoms with E-state index in [0.717, 1.165) is 28.3 Å². The molecule has 0 bridgehead atoms. The Morgan fingerprint density at radius 1 is 1.36 bits per heavy atom. The summed E-state index contributed by atoms with van der Waals surface area (Å²) in [5.41, 5.74) is 5.70. The minimum Gasteiger partial charge on any atom is -0.496 e. The fourth-order valence-corrected chi connectivity index (χ4v) is 2.04. The van der Waals surface area contributed by atoms with Gasteiger partial charge in [-0.15, -0.1) is 0 Å². The Hall–Kier alpha value is -2.34. The number of ether oxygens (including phenoxy) is 1. The molecule has 2 N–H and O–H groups in total. The predicted molar refractivity (Wildman–Crippen MR) is 91.2 cm³/mol. The number of hydrogen-bond acceptors (Lipinski definition) is 4. The van der Waals surface area contributed by atoms with Crippen LogP contribution in [-0.4, -0.2) is 17.9 Å². The third-order valence-electron chi connectivity index (χ3n) is 3.07. The summed E-state index contributed by atoms with van der Waals surface area (Å²) in [5, 5.41) is 7.75. The lowest BCUT2D eigenvalue weighted by molar-refractivity contribution is 0.414. The monoisotopic (exact) mass is 317 g/mol. The summed E-state index contributed by atoms with van der Waals surface area (Å²) >= 11 is 5.18. The summed E-state index contributed by atoms with van der Waals surface area (Å²) in [6.07, 6.45) is 1.62. The number of benzene rings is 1. The molecule has 0 saturated heterocycles. The summed E-state index contributed by atoms with van der Waals surface area (Å²) in [7, 11) is 1.64. The smallest absolute Gasteiger partial charge is 0.187 e. The number of rotatable bonds is 5. The molecule has 0 spiro atoms. The molecule has 0 aliphatic carbocycles. The second kappa shape index (κ2) is 7.61. The number of furan rings is 1. The highest BCUT2D eigenvalue weighted by Crippen LogP contribution is 2.20. The van der Waals surface area contributed by atoms with Crippen LogP contribution < -0.4 is 15.5 Å². The van der Waals surface area contributed by atoms with E-state index in [0.29, 0.717) is 11.7 Å². The third kappa shape index (κ3) is 4.33. The number of aryl methyl sites for hydroxylation is 1. The van der Waals surface area contributed by atoms with Crippen molar-refractivity contribution in [2.45, 2.75) is 20.4 Å². The van der Waals surface area contributed by atoms with Gasteiger partial charge in [0, 0.05) is 5.56 Å². The van der Waals surface area contributed by atoms with Gasteiger partial charge >= 0.3 is 0 Å². The molecule has 2 aromatic rings. The molecule has 0 radical (unpaired) electrons. The van der Waals surface area contributed by atoms with Crippen molar-refractivity contribution in [2.24, 2.45) is 5.10 Å². The van der Waals surface area contributed by atoms with E-state index in [4.69, 9.17) is 21.4 Å². The Bertz CT molecular complexity index is 666. The number of hydrogen-bond donors (Lipinski definition) is 2. The average Bonchev–Trinajstić information content (AvgIpc) is 3.04. The van der Waals surface area contributed by atoms with Crippen LogP contribution in [0.1, 0.15) is 23.8 Å². The summed E-state index contributed by atoms with van der Waals surface area (Å²) in [6.45, 7) is 4.44. The summed E-state index contributed by atoms with van der Waals surface area (Å²) < 4.78 is 10.6. The highest BCUT2D eigenvalue weighted by Gasteiger charge is 2.07. The SMILES string of the molecule is COc1ccc(C)cc1/C(C)=N\NC(=S)NCc1ccco1. The Balaban J connectivity index is 1.97. The lowest BCUT2D eigenvalue weighted by atomic mass is 10.1. The molecule has 6 heteroatoms. The maximum absolute atomic E-state index is 5.36. The van der Waals surface area contributed by atoms with Gasteiger partial charge in [0.25, 0.3) is 0 Å². The molecule has 0 unspecified atom stereocenters. The second-order valence-corrected chi connectivity index (χ2v) is 5.18. The van der Waals surface area contributed by atoms with E-state index in [-0.39, 0.29) is 0 Å². The zero-order chi connectivity index (χ0) is 15.9. The quantitative estimate of drug-likeness (QED) is 0.504. The van der Waals surface area contributed by atoms with Gasteiger partial charge in [0.05, 0.1) is 25.6 Å². The molecule has 0 fully saturated rings. The van der Waals surface area contributed by atoms with Crippen molar-refractivity contribution in [2.75, 3.05) is 7.11 Å². The second-order valence-electron chi connectivity index (χ2n) is 4.77. The summed E-state index contributed by atoms with van der Waals surface area (Å²) in [6, 6.07) is 9.66. The van der Waals surface area contributed by atoms with Gasteiger partial charge in [-0.25, -0.2) is 0 Å². The zero-order valence-corrected chi connectivity index (χ0v) is 13.7. The van der Waals surface area contributed by atoms with E-state index in [9.17, 15) is 0 Å². The van der Waals surface area contributed by atoms with Gasteiger partial charge in [-0.3, -0.25) is 5.43 Å². The highest BCUT2D eigenvalue weighted by atomic mass is 32.1. The molecule has 5 nitrogen and oxygen atoms in total. The molecule has 2 rings (SSSR count). The van der Waals surface area contributed by atoms with Gasteiger partial charge in [-0.05, 0) is 50.3 Å². The summed E-state index contributed by atoms with van der Waals surface area (Å²) in [5.74, 6) is 1.59. The van der Waals surface area contributed by atoms with E-state index in [1.807, 2.05) is 44.2 Å². The minimum atomic E-state index is 0.433. The number of nitrogens with one attached hydrogen (secondary N) is 2. The van der Waals surface area contributed by atoms with Crippen LogP contribution >= 0.6 is 12.2 Å².